The predicted octanol–water partition coefficient (Wildman–Crippen LogP) is 3.72. The topological polar surface area (TPSA) is 143 Å². The molecule has 2 saturated heterocycles. The third-order valence-corrected chi connectivity index (χ3v) is 7.56. The number of nitrogens with zero attached hydrogens (tertiary/aromatic N) is 2. The van der Waals surface area contributed by atoms with Crippen molar-refractivity contribution in [3.05, 3.63) is 92.2 Å². The first kappa shape index (κ1) is 28.0. The molecule has 0 saturated carbocycles. The molecule has 4 aliphatic rings. The lowest BCUT2D eigenvalue weighted by molar-refractivity contribution is -0.145. The Hall–Kier alpha value is -4.54. The van der Waals surface area contributed by atoms with Crippen LogP contribution in [0, 0.1) is 0 Å². The largest absolute Gasteiger partial charge is 0.287 e. The molecule has 206 valence electrons. The Kier molecular flexibility index (Phi) is 7.37. The first-order chi connectivity index (χ1) is 19.5. The number of benzene rings is 2. The second-order valence-electron chi connectivity index (χ2n) is 9.33. The van der Waals surface area contributed by atoms with Crippen LogP contribution in [-0.2, 0) is 19.2 Å². The molecule has 0 unspecified atom stereocenters. The van der Waals surface area contributed by atoms with E-state index in [1.165, 1.54) is 24.3 Å². The third-order valence-electron chi connectivity index (χ3n) is 6.86. The number of piperidine rings is 1. The summed E-state index contributed by atoms with van der Waals surface area (Å²) in [4.78, 5) is 98.2. The highest BCUT2D eigenvalue weighted by Gasteiger charge is 2.42. The summed E-state index contributed by atoms with van der Waals surface area (Å²) in [7, 11) is 0. The van der Waals surface area contributed by atoms with E-state index in [2.05, 4.69) is 0 Å². The summed E-state index contributed by atoms with van der Waals surface area (Å²) in [6.07, 6.45) is 0.800. The molecule has 2 aromatic rings. The van der Waals surface area contributed by atoms with Crippen LogP contribution >= 0.6 is 23.2 Å². The van der Waals surface area contributed by atoms with Crippen LogP contribution in [0.25, 0.3) is 0 Å². The van der Waals surface area contributed by atoms with E-state index < -0.39 is 46.8 Å². The van der Waals surface area contributed by atoms with Gasteiger partial charge in [0.05, 0.1) is 0 Å². The Morgan fingerprint density at radius 2 is 0.732 bits per heavy atom. The number of carbonyl (C=O) groups is 8. The Morgan fingerprint density at radius 1 is 0.439 bits per heavy atom. The normalized spacial score (nSPS) is 19.1. The van der Waals surface area contributed by atoms with Gasteiger partial charge in [0.2, 0.25) is 46.8 Å². The Bertz CT molecular complexity index is 1670. The molecule has 2 heterocycles. The molecule has 0 N–H and O–H groups in total. The Morgan fingerprint density at radius 3 is 1.07 bits per heavy atom. The molecule has 0 aromatic heterocycles. The van der Waals surface area contributed by atoms with Crippen molar-refractivity contribution in [3.63, 3.8) is 0 Å². The van der Waals surface area contributed by atoms with Crippen LogP contribution < -0.4 is 0 Å². The second kappa shape index (κ2) is 10.8. The van der Waals surface area contributed by atoms with Crippen LogP contribution in [0.4, 0.5) is 0 Å². The standard InChI is InChI=1S/C15H10ClNO4.C14H8ClNO4/c16-12-13(17-10(18)6-3-7-11(17)19)15(21)9-5-2-1-4-8(9)14(12)20;15-11-12(16-9(17)5-6-10(16)18)14(20)8-4-2-1-3-7(8)13(11)19/h1-2,4-5H,3,6-7H2;1-4H,5-6H2. The number of rotatable bonds is 2. The maximum absolute atomic E-state index is 12.5. The van der Waals surface area contributed by atoms with Crippen LogP contribution in [0.5, 0.6) is 0 Å². The molecule has 2 aromatic carbocycles. The van der Waals surface area contributed by atoms with Crippen LogP contribution in [0.15, 0.2) is 70.0 Å². The summed E-state index contributed by atoms with van der Waals surface area (Å²) < 4.78 is 0. The fraction of sp³-hybridized carbons (Fsp3) is 0.172. The predicted molar refractivity (Wildman–Crippen MR) is 143 cm³/mol. The van der Waals surface area contributed by atoms with Gasteiger partial charge < -0.3 is 0 Å². The number of hydrogen-bond donors (Lipinski definition) is 0. The zero-order valence-corrected chi connectivity index (χ0v) is 22.6. The quantitative estimate of drug-likeness (QED) is 0.480. The van der Waals surface area contributed by atoms with Gasteiger partial charge in [-0.25, -0.2) is 9.80 Å². The van der Waals surface area contributed by atoms with Crippen LogP contribution in [0.2, 0.25) is 0 Å². The zero-order chi connectivity index (χ0) is 29.6. The van der Waals surface area contributed by atoms with Gasteiger partial charge in [-0.15, -0.1) is 0 Å². The molecule has 2 fully saturated rings. The lowest BCUT2D eigenvalue weighted by Gasteiger charge is -2.29. The zero-order valence-electron chi connectivity index (χ0n) is 21.1. The minimum Gasteiger partial charge on any atom is -0.287 e. The monoisotopic (exact) mass is 592 g/mol. The number of fused-ring (bicyclic) bond motifs is 2. The number of Topliss-reactive ketones (excluding diaryl/α,β-unsaturated/α-hetero) is 4. The van der Waals surface area contributed by atoms with Crippen LogP contribution in [-0.4, -0.2) is 56.6 Å². The van der Waals surface area contributed by atoms with Gasteiger partial charge in [-0.05, 0) is 6.42 Å². The van der Waals surface area contributed by atoms with Gasteiger partial charge in [0, 0.05) is 47.9 Å². The van der Waals surface area contributed by atoms with Crippen molar-refractivity contribution in [2.45, 2.75) is 32.1 Å². The maximum atomic E-state index is 12.5. The highest BCUT2D eigenvalue weighted by Crippen LogP contribution is 2.34. The summed E-state index contributed by atoms with van der Waals surface area (Å²) in [5, 5.41) is -0.750. The number of likely N-dealkylation sites (tertiary alicyclic amines) is 2. The van der Waals surface area contributed by atoms with Gasteiger partial charge in [0.25, 0.3) is 0 Å². The van der Waals surface area contributed by atoms with Gasteiger partial charge >= 0.3 is 0 Å². The molecule has 2 aliphatic carbocycles. The number of allylic oxidation sites excluding steroid dienone is 4. The summed E-state index contributed by atoms with van der Waals surface area (Å²) in [6.45, 7) is 0. The smallest absolute Gasteiger partial charge is 0.234 e. The fourth-order valence-electron chi connectivity index (χ4n) is 4.89. The summed E-state index contributed by atoms with van der Waals surface area (Å²) in [6, 6.07) is 12.4. The summed E-state index contributed by atoms with van der Waals surface area (Å²) in [5.74, 6) is -4.27. The van der Waals surface area contributed by atoms with Gasteiger partial charge in [-0.1, -0.05) is 71.7 Å². The summed E-state index contributed by atoms with van der Waals surface area (Å²) >= 11 is 11.9. The van der Waals surface area contributed by atoms with Crippen molar-refractivity contribution in [3.8, 4) is 0 Å². The van der Waals surface area contributed by atoms with Crippen molar-refractivity contribution < 1.29 is 38.4 Å². The fourth-order valence-corrected chi connectivity index (χ4v) is 5.44. The number of amides is 4. The van der Waals surface area contributed by atoms with E-state index in [0.717, 1.165) is 9.80 Å². The van der Waals surface area contributed by atoms with Crippen molar-refractivity contribution >= 4 is 70.0 Å². The van der Waals surface area contributed by atoms with Gasteiger partial charge in [-0.2, -0.15) is 0 Å². The van der Waals surface area contributed by atoms with Crippen LogP contribution in [0.3, 0.4) is 0 Å². The minimum atomic E-state index is -0.575. The lowest BCUT2D eigenvalue weighted by Crippen LogP contribution is -2.43. The molecule has 12 heteroatoms. The minimum absolute atomic E-state index is 0.0234. The van der Waals surface area contributed by atoms with E-state index >= 15 is 0 Å². The average molecular weight is 593 g/mol. The molecule has 0 atom stereocenters. The Balaban J connectivity index is 0.000000165. The van der Waals surface area contributed by atoms with E-state index in [1.54, 1.807) is 24.3 Å². The molecule has 6 rings (SSSR count). The van der Waals surface area contributed by atoms with Crippen molar-refractivity contribution in [2.24, 2.45) is 0 Å². The molecular formula is C29H18Cl2N2O8. The third kappa shape index (κ3) is 4.64. The molecule has 0 radical (unpaired) electrons. The summed E-state index contributed by atoms with van der Waals surface area (Å²) in [5.41, 5.74) is 0.0638. The molecule has 0 spiro atoms. The maximum Gasteiger partial charge on any atom is 0.234 e. The van der Waals surface area contributed by atoms with E-state index in [9.17, 15) is 38.4 Å². The van der Waals surface area contributed by atoms with Gasteiger partial charge in [0.15, 0.2) is 0 Å². The number of carbonyl (C=O) groups excluding carboxylic acids is 8. The van der Waals surface area contributed by atoms with Crippen LogP contribution in [0.1, 0.15) is 73.5 Å². The molecule has 10 nitrogen and oxygen atoms in total. The van der Waals surface area contributed by atoms with E-state index in [0.29, 0.717) is 6.42 Å². The lowest BCUT2D eigenvalue weighted by atomic mass is 9.91. The number of hydrogen-bond acceptors (Lipinski definition) is 8. The molecular weight excluding hydrogens is 575 g/mol. The van der Waals surface area contributed by atoms with Gasteiger partial charge in [0.1, 0.15) is 21.5 Å². The average Bonchev–Trinajstić information content (AvgIpc) is 3.30. The molecule has 2 aliphatic heterocycles. The highest BCUT2D eigenvalue weighted by atomic mass is 35.5. The second-order valence-corrected chi connectivity index (χ2v) is 10.1. The first-order valence-corrected chi connectivity index (χ1v) is 13.2. The number of imide groups is 2. The van der Waals surface area contributed by atoms with Crippen molar-refractivity contribution in [2.75, 3.05) is 0 Å². The van der Waals surface area contributed by atoms with Crippen molar-refractivity contribution in [1.29, 1.82) is 0 Å². The SMILES string of the molecule is O=C1C(Cl)=C(N2C(=O)CCC2=O)C(=O)c2ccccc21.O=C1C(Cl)=C(N2C(=O)CCCC2=O)C(=O)c2ccccc21. The van der Waals surface area contributed by atoms with E-state index in [4.69, 9.17) is 23.2 Å². The van der Waals surface area contributed by atoms with E-state index in [1.807, 2.05) is 0 Å². The van der Waals surface area contributed by atoms with E-state index in [-0.39, 0.29) is 69.4 Å². The molecule has 41 heavy (non-hydrogen) atoms. The van der Waals surface area contributed by atoms with Crippen molar-refractivity contribution in [1.82, 2.24) is 9.80 Å². The number of halogens is 2. The highest BCUT2D eigenvalue weighted by molar-refractivity contribution is 6.51. The first-order valence-electron chi connectivity index (χ1n) is 12.4. The Labute approximate surface area is 242 Å². The molecule has 0 bridgehead atoms. The van der Waals surface area contributed by atoms with Gasteiger partial charge in [-0.3, -0.25) is 38.4 Å². The molecule has 4 amide bonds. The number of ketones is 4.